The quantitative estimate of drug-likeness (QED) is 0.659. The van der Waals surface area contributed by atoms with Crippen LogP contribution in [0.5, 0.6) is 0 Å². The number of hydrogen-bond acceptors (Lipinski definition) is 2. The molecule has 0 aliphatic rings. The highest BCUT2D eigenvalue weighted by Crippen LogP contribution is 2.18. The Morgan fingerprint density at radius 1 is 0.783 bits per heavy atom. The Hall–Kier alpha value is -2.87. The van der Waals surface area contributed by atoms with E-state index in [-0.39, 0.29) is 5.78 Å². The third-order valence-electron chi connectivity index (χ3n) is 3.75. The van der Waals surface area contributed by atoms with Gasteiger partial charge in [-0.3, -0.25) is 4.79 Å². The van der Waals surface area contributed by atoms with Crippen molar-refractivity contribution in [1.82, 2.24) is 0 Å². The number of Topliss-reactive ketones (excluding diaryl/α,β-unsaturated/α-hetero) is 1. The first-order chi connectivity index (χ1) is 11.2. The maximum Gasteiger partial charge on any atom is 0.167 e. The molecule has 0 saturated carbocycles. The Balaban J connectivity index is 1.66. The fourth-order valence-electron chi connectivity index (χ4n) is 2.43. The molecule has 0 radical (unpaired) electrons. The summed E-state index contributed by atoms with van der Waals surface area (Å²) in [6.45, 7) is 2.07. The van der Waals surface area contributed by atoms with Gasteiger partial charge in [0.2, 0.25) is 0 Å². The van der Waals surface area contributed by atoms with Gasteiger partial charge >= 0.3 is 0 Å². The van der Waals surface area contributed by atoms with Crippen LogP contribution in [0.4, 0.5) is 11.4 Å². The van der Waals surface area contributed by atoms with Crippen LogP contribution in [0.2, 0.25) is 0 Å². The fraction of sp³-hybridized carbons (Fsp3) is 0.0952. The molecule has 3 aromatic carbocycles. The number of ketones is 1. The molecule has 114 valence electrons. The number of rotatable bonds is 5. The maximum atomic E-state index is 12.3. The molecule has 0 spiro atoms. The lowest BCUT2D eigenvalue weighted by atomic mass is 10.0. The van der Waals surface area contributed by atoms with Crippen LogP contribution in [0.1, 0.15) is 21.5 Å². The first kappa shape index (κ1) is 15.0. The van der Waals surface area contributed by atoms with Crippen LogP contribution in [0.15, 0.2) is 78.9 Å². The SMILES string of the molecule is Cc1ccc(Nc2ccc(C(=O)Cc3ccccc3)cc2)cc1. The van der Waals surface area contributed by atoms with Gasteiger partial charge in [-0.2, -0.15) is 0 Å². The zero-order valence-electron chi connectivity index (χ0n) is 13.1. The van der Waals surface area contributed by atoms with Crippen molar-refractivity contribution in [3.63, 3.8) is 0 Å². The number of aryl methyl sites for hydroxylation is 1. The molecular weight excluding hydrogens is 282 g/mol. The predicted octanol–water partition coefficient (Wildman–Crippen LogP) is 5.16. The number of benzene rings is 3. The molecule has 0 aliphatic carbocycles. The summed E-state index contributed by atoms with van der Waals surface area (Å²) >= 11 is 0. The van der Waals surface area contributed by atoms with Crippen LogP contribution in [-0.2, 0) is 6.42 Å². The Labute approximate surface area is 136 Å². The fourth-order valence-corrected chi connectivity index (χ4v) is 2.43. The summed E-state index contributed by atoms with van der Waals surface area (Å²) < 4.78 is 0. The second kappa shape index (κ2) is 6.93. The Morgan fingerprint density at radius 3 is 1.96 bits per heavy atom. The molecule has 2 heteroatoms. The first-order valence-corrected chi connectivity index (χ1v) is 7.71. The van der Waals surface area contributed by atoms with Gasteiger partial charge in [0.25, 0.3) is 0 Å². The van der Waals surface area contributed by atoms with Gasteiger partial charge in [0, 0.05) is 23.4 Å². The van der Waals surface area contributed by atoms with Gasteiger partial charge in [0.05, 0.1) is 0 Å². The van der Waals surface area contributed by atoms with E-state index in [1.165, 1.54) is 5.56 Å². The monoisotopic (exact) mass is 301 g/mol. The van der Waals surface area contributed by atoms with E-state index >= 15 is 0 Å². The number of nitrogens with one attached hydrogen (secondary N) is 1. The van der Waals surface area contributed by atoms with Crippen molar-refractivity contribution in [3.8, 4) is 0 Å². The smallest absolute Gasteiger partial charge is 0.167 e. The highest BCUT2D eigenvalue weighted by molar-refractivity contribution is 5.97. The van der Waals surface area contributed by atoms with Crippen molar-refractivity contribution in [1.29, 1.82) is 0 Å². The first-order valence-electron chi connectivity index (χ1n) is 7.71. The molecule has 0 amide bonds. The lowest BCUT2D eigenvalue weighted by molar-refractivity contribution is 0.0993. The average Bonchev–Trinajstić information content (AvgIpc) is 2.58. The molecule has 0 aromatic heterocycles. The third kappa shape index (κ3) is 4.07. The van der Waals surface area contributed by atoms with Gasteiger partial charge < -0.3 is 5.32 Å². The summed E-state index contributed by atoms with van der Waals surface area (Å²) in [6.07, 6.45) is 0.436. The maximum absolute atomic E-state index is 12.3. The summed E-state index contributed by atoms with van der Waals surface area (Å²) in [5.41, 5.74) is 5.03. The summed E-state index contributed by atoms with van der Waals surface area (Å²) in [5, 5.41) is 3.34. The molecule has 3 rings (SSSR count). The topological polar surface area (TPSA) is 29.1 Å². The van der Waals surface area contributed by atoms with Crippen molar-refractivity contribution in [2.45, 2.75) is 13.3 Å². The number of carbonyl (C=O) groups excluding carboxylic acids is 1. The van der Waals surface area contributed by atoms with Crippen LogP contribution in [-0.4, -0.2) is 5.78 Å². The number of anilines is 2. The molecule has 0 heterocycles. The third-order valence-corrected chi connectivity index (χ3v) is 3.75. The highest BCUT2D eigenvalue weighted by Gasteiger charge is 2.06. The minimum absolute atomic E-state index is 0.137. The average molecular weight is 301 g/mol. The van der Waals surface area contributed by atoms with Crippen LogP contribution < -0.4 is 5.32 Å². The van der Waals surface area contributed by atoms with Crippen molar-refractivity contribution in [2.24, 2.45) is 0 Å². The van der Waals surface area contributed by atoms with E-state index in [4.69, 9.17) is 0 Å². The van der Waals surface area contributed by atoms with E-state index in [0.717, 1.165) is 22.5 Å². The molecule has 0 unspecified atom stereocenters. The number of hydrogen-bond donors (Lipinski definition) is 1. The molecule has 0 saturated heterocycles. The Kier molecular flexibility index (Phi) is 4.53. The van der Waals surface area contributed by atoms with Crippen molar-refractivity contribution in [3.05, 3.63) is 95.6 Å². The van der Waals surface area contributed by atoms with Crippen molar-refractivity contribution in [2.75, 3.05) is 5.32 Å². The van der Waals surface area contributed by atoms with Gasteiger partial charge in [-0.1, -0.05) is 48.0 Å². The molecular formula is C21H19NO. The molecule has 2 nitrogen and oxygen atoms in total. The lowest BCUT2D eigenvalue weighted by Crippen LogP contribution is -2.03. The zero-order valence-corrected chi connectivity index (χ0v) is 13.1. The van der Waals surface area contributed by atoms with Crippen LogP contribution >= 0.6 is 0 Å². The molecule has 3 aromatic rings. The van der Waals surface area contributed by atoms with Gasteiger partial charge in [0.15, 0.2) is 5.78 Å². The van der Waals surface area contributed by atoms with E-state index in [9.17, 15) is 4.79 Å². The molecule has 0 aliphatic heterocycles. The predicted molar refractivity (Wildman–Crippen MR) is 95.4 cm³/mol. The van der Waals surface area contributed by atoms with Gasteiger partial charge in [-0.05, 0) is 48.9 Å². The molecule has 0 atom stereocenters. The number of carbonyl (C=O) groups is 1. The largest absolute Gasteiger partial charge is 0.356 e. The van der Waals surface area contributed by atoms with Crippen LogP contribution in [0, 0.1) is 6.92 Å². The van der Waals surface area contributed by atoms with Crippen molar-refractivity contribution < 1.29 is 4.79 Å². The van der Waals surface area contributed by atoms with Crippen LogP contribution in [0.25, 0.3) is 0 Å². The Bertz CT molecular complexity index is 774. The van der Waals surface area contributed by atoms with E-state index in [1.807, 2.05) is 66.7 Å². The second-order valence-electron chi connectivity index (χ2n) is 5.65. The minimum Gasteiger partial charge on any atom is -0.356 e. The van der Waals surface area contributed by atoms with Gasteiger partial charge in [0.1, 0.15) is 0 Å². The Morgan fingerprint density at radius 2 is 1.35 bits per heavy atom. The normalized spacial score (nSPS) is 10.3. The van der Waals surface area contributed by atoms with E-state index in [2.05, 4.69) is 24.4 Å². The van der Waals surface area contributed by atoms with Crippen molar-refractivity contribution >= 4 is 17.2 Å². The molecule has 0 fully saturated rings. The zero-order chi connectivity index (χ0) is 16.1. The van der Waals surface area contributed by atoms with Gasteiger partial charge in [-0.25, -0.2) is 0 Å². The highest BCUT2D eigenvalue weighted by atomic mass is 16.1. The van der Waals surface area contributed by atoms with E-state index in [0.29, 0.717) is 6.42 Å². The summed E-state index contributed by atoms with van der Waals surface area (Å²) in [6, 6.07) is 25.7. The molecule has 23 heavy (non-hydrogen) atoms. The summed E-state index contributed by atoms with van der Waals surface area (Å²) in [5.74, 6) is 0.137. The lowest BCUT2D eigenvalue weighted by Gasteiger charge is -2.08. The standard InChI is InChI=1S/C21H19NO/c1-16-7-11-19(12-8-16)22-20-13-9-18(10-14-20)21(23)15-17-5-3-2-4-6-17/h2-14,22H,15H2,1H3. The summed E-state index contributed by atoms with van der Waals surface area (Å²) in [7, 11) is 0. The summed E-state index contributed by atoms with van der Waals surface area (Å²) in [4.78, 5) is 12.3. The second-order valence-corrected chi connectivity index (χ2v) is 5.65. The van der Waals surface area contributed by atoms with Crippen LogP contribution in [0.3, 0.4) is 0 Å². The minimum atomic E-state index is 0.137. The van der Waals surface area contributed by atoms with E-state index < -0.39 is 0 Å². The molecule has 1 N–H and O–H groups in total. The van der Waals surface area contributed by atoms with E-state index in [1.54, 1.807) is 0 Å². The molecule has 0 bridgehead atoms. The van der Waals surface area contributed by atoms with Gasteiger partial charge in [-0.15, -0.1) is 0 Å².